The van der Waals surface area contributed by atoms with Crippen LogP contribution in [-0.2, 0) is 0 Å². The number of rotatable bonds is 4. The number of carboxylic acids is 1. The molecule has 0 saturated heterocycles. The molecule has 6 nitrogen and oxygen atoms in total. The molecule has 1 aromatic carbocycles. The molecule has 2 aromatic rings. The van der Waals surface area contributed by atoms with Crippen LogP contribution >= 0.6 is 22.6 Å². The Bertz CT molecular complexity index is 618. The molecule has 0 unspecified atom stereocenters. The number of benzene rings is 1. The van der Waals surface area contributed by atoms with E-state index in [0.29, 0.717) is 17.4 Å². The predicted molar refractivity (Wildman–Crippen MR) is 74.8 cm³/mol. The minimum absolute atomic E-state index is 0.126. The number of nitrogens with zero attached hydrogens (tertiary/aromatic N) is 2. The van der Waals surface area contributed by atoms with Crippen molar-refractivity contribution >= 4 is 28.6 Å². The van der Waals surface area contributed by atoms with Crippen molar-refractivity contribution in [1.29, 1.82) is 0 Å². The monoisotopic (exact) mass is 372 g/mol. The Balaban J connectivity index is 2.35. The SMILES string of the molecule is COc1cc(C(=O)O)ccc1Oc1ncncc1I. The highest BCUT2D eigenvalue weighted by molar-refractivity contribution is 14.1. The quantitative estimate of drug-likeness (QED) is 0.831. The maximum absolute atomic E-state index is 10.9. The summed E-state index contributed by atoms with van der Waals surface area (Å²) in [5.74, 6) is 0.0804. The molecule has 1 aromatic heterocycles. The highest BCUT2D eigenvalue weighted by Gasteiger charge is 2.12. The zero-order chi connectivity index (χ0) is 13.8. The number of halogens is 1. The van der Waals surface area contributed by atoms with Gasteiger partial charge in [0.05, 0.1) is 16.2 Å². The fourth-order valence-corrected chi connectivity index (χ4v) is 1.78. The molecule has 0 aliphatic carbocycles. The molecule has 2 rings (SSSR count). The van der Waals surface area contributed by atoms with Crippen LogP contribution in [0.15, 0.2) is 30.7 Å². The van der Waals surface area contributed by atoms with Gasteiger partial charge >= 0.3 is 5.97 Å². The molecule has 0 fully saturated rings. The summed E-state index contributed by atoms with van der Waals surface area (Å²) >= 11 is 2.04. The lowest BCUT2D eigenvalue weighted by Gasteiger charge is -2.10. The first-order valence-electron chi connectivity index (χ1n) is 5.16. The first-order chi connectivity index (χ1) is 9.11. The molecule has 0 spiro atoms. The van der Waals surface area contributed by atoms with E-state index >= 15 is 0 Å². The maximum atomic E-state index is 10.9. The van der Waals surface area contributed by atoms with E-state index in [1.165, 1.54) is 31.6 Å². The molecule has 0 bridgehead atoms. The van der Waals surface area contributed by atoms with Gasteiger partial charge in [-0.3, -0.25) is 0 Å². The van der Waals surface area contributed by atoms with Gasteiger partial charge in [-0.25, -0.2) is 14.8 Å². The molecule has 19 heavy (non-hydrogen) atoms. The molecule has 1 N–H and O–H groups in total. The van der Waals surface area contributed by atoms with Gasteiger partial charge in [0.15, 0.2) is 11.5 Å². The van der Waals surface area contributed by atoms with Crippen molar-refractivity contribution in [3.63, 3.8) is 0 Å². The van der Waals surface area contributed by atoms with E-state index in [4.69, 9.17) is 14.6 Å². The number of carbonyl (C=O) groups is 1. The van der Waals surface area contributed by atoms with Crippen molar-refractivity contribution < 1.29 is 19.4 Å². The summed E-state index contributed by atoms with van der Waals surface area (Å²) in [4.78, 5) is 18.7. The van der Waals surface area contributed by atoms with Gasteiger partial charge in [0, 0.05) is 6.20 Å². The molecule has 0 saturated carbocycles. The standard InChI is InChI=1S/C12H9IN2O4/c1-18-10-4-7(12(16)17)2-3-9(10)19-11-8(13)5-14-6-15-11/h2-6H,1H3,(H,16,17). The summed E-state index contributed by atoms with van der Waals surface area (Å²) in [5, 5.41) is 8.91. The molecule has 0 aliphatic rings. The summed E-state index contributed by atoms with van der Waals surface area (Å²) in [5.41, 5.74) is 0.126. The summed E-state index contributed by atoms with van der Waals surface area (Å²) < 4.78 is 11.4. The zero-order valence-electron chi connectivity index (χ0n) is 9.83. The summed E-state index contributed by atoms with van der Waals surface area (Å²) in [7, 11) is 1.44. The van der Waals surface area contributed by atoms with Crippen LogP contribution in [0.25, 0.3) is 0 Å². The van der Waals surface area contributed by atoms with Gasteiger partial charge in [0.2, 0.25) is 5.88 Å². The number of hydrogen-bond acceptors (Lipinski definition) is 5. The second-order valence-corrected chi connectivity index (χ2v) is 4.61. The van der Waals surface area contributed by atoms with Crippen molar-refractivity contribution in [2.75, 3.05) is 7.11 Å². The molecule has 0 aliphatic heterocycles. The van der Waals surface area contributed by atoms with Crippen molar-refractivity contribution in [3.05, 3.63) is 39.9 Å². The van der Waals surface area contributed by atoms with E-state index < -0.39 is 5.97 Å². The van der Waals surface area contributed by atoms with Crippen molar-refractivity contribution in [1.82, 2.24) is 9.97 Å². The third-order valence-electron chi connectivity index (χ3n) is 2.25. The smallest absolute Gasteiger partial charge is 0.335 e. The average Bonchev–Trinajstić information content (AvgIpc) is 2.41. The number of carboxylic acid groups (broad SMARTS) is 1. The van der Waals surface area contributed by atoms with E-state index in [1.54, 1.807) is 6.20 Å². The van der Waals surface area contributed by atoms with Crippen LogP contribution in [0.1, 0.15) is 10.4 Å². The van der Waals surface area contributed by atoms with E-state index in [9.17, 15) is 4.79 Å². The fourth-order valence-electron chi connectivity index (χ4n) is 1.37. The molecule has 98 valence electrons. The summed E-state index contributed by atoms with van der Waals surface area (Å²) in [6.07, 6.45) is 2.98. The lowest BCUT2D eigenvalue weighted by molar-refractivity contribution is 0.0696. The van der Waals surface area contributed by atoms with Gasteiger partial charge in [-0.15, -0.1) is 0 Å². The Morgan fingerprint density at radius 1 is 1.37 bits per heavy atom. The van der Waals surface area contributed by atoms with E-state index in [0.717, 1.165) is 3.57 Å². The largest absolute Gasteiger partial charge is 0.493 e. The van der Waals surface area contributed by atoms with Crippen LogP contribution in [0, 0.1) is 3.57 Å². The second-order valence-electron chi connectivity index (χ2n) is 3.45. The van der Waals surface area contributed by atoms with Crippen LogP contribution in [0.5, 0.6) is 17.4 Å². The van der Waals surface area contributed by atoms with Crippen LogP contribution < -0.4 is 9.47 Å². The molecule has 7 heteroatoms. The van der Waals surface area contributed by atoms with Crippen molar-refractivity contribution in [2.45, 2.75) is 0 Å². The van der Waals surface area contributed by atoms with Gasteiger partial charge in [-0.2, -0.15) is 0 Å². The van der Waals surface area contributed by atoms with E-state index in [-0.39, 0.29) is 5.56 Å². The molecule has 0 atom stereocenters. The Labute approximate surface area is 122 Å². The topological polar surface area (TPSA) is 81.5 Å². The minimum atomic E-state index is -1.03. The summed E-state index contributed by atoms with van der Waals surface area (Å²) in [6.45, 7) is 0. The van der Waals surface area contributed by atoms with Crippen LogP contribution in [0.3, 0.4) is 0 Å². The minimum Gasteiger partial charge on any atom is -0.493 e. The highest BCUT2D eigenvalue weighted by Crippen LogP contribution is 2.32. The maximum Gasteiger partial charge on any atom is 0.335 e. The molecule has 0 radical (unpaired) electrons. The van der Waals surface area contributed by atoms with Crippen LogP contribution in [0.2, 0.25) is 0 Å². The molecular formula is C12H9IN2O4. The second kappa shape index (κ2) is 5.83. The van der Waals surface area contributed by atoms with Gasteiger partial charge < -0.3 is 14.6 Å². The first kappa shape index (κ1) is 13.5. The average molecular weight is 372 g/mol. The number of aromatic nitrogens is 2. The number of ether oxygens (including phenoxy) is 2. The number of aromatic carboxylic acids is 1. The van der Waals surface area contributed by atoms with Gasteiger partial charge in [0.25, 0.3) is 0 Å². The Morgan fingerprint density at radius 2 is 2.16 bits per heavy atom. The van der Waals surface area contributed by atoms with Gasteiger partial charge in [-0.05, 0) is 40.8 Å². The zero-order valence-corrected chi connectivity index (χ0v) is 12.0. The van der Waals surface area contributed by atoms with Gasteiger partial charge in [0.1, 0.15) is 6.33 Å². The highest BCUT2D eigenvalue weighted by atomic mass is 127. The van der Waals surface area contributed by atoms with E-state index in [2.05, 4.69) is 9.97 Å². The third kappa shape index (κ3) is 3.11. The lowest BCUT2D eigenvalue weighted by Crippen LogP contribution is -1.99. The molecular weight excluding hydrogens is 363 g/mol. The van der Waals surface area contributed by atoms with E-state index in [1.807, 2.05) is 22.6 Å². The van der Waals surface area contributed by atoms with Crippen LogP contribution in [-0.4, -0.2) is 28.2 Å². The Morgan fingerprint density at radius 3 is 2.79 bits per heavy atom. The normalized spacial score (nSPS) is 10.0. The molecule has 1 heterocycles. The van der Waals surface area contributed by atoms with Crippen molar-refractivity contribution in [3.8, 4) is 17.4 Å². The number of hydrogen-bond donors (Lipinski definition) is 1. The van der Waals surface area contributed by atoms with Crippen molar-refractivity contribution in [2.24, 2.45) is 0 Å². The lowest BCUT2D eigenvalue weighted by atomic mass is 10.2. The van der Waals surface area contributed by atoms with Gasteiger partial charge in [-0.1, -0.05) is 0 Å². The predicted octanol–water partition coefficient (Wildman–Crippen LogP) is 2.58. The summed E-state index contributed by atoms with van der Waals surface area (Å²) in [6, 6.07) is 4.36. The number of methoxy groups -OCH3 is 1. The molecule has 0 amide bonds. The third-order valence-corrected chi connectivity index (χ3v) is 2.99. The Kier molecular flexibility index (Phi) is 4.15. The first-order valence-corrected chi connectivity index (χ1v) is 6.24. The fraction of sp³-hybridized carbons (Fsp3) is 0.0833. The Hall–Kier alpha value is -1.90. The van der Waals surface area contributed by atoms with Crippen LogP contribution in [0.4, 0.5) is 0 Å².